The zero-order chi connectivity index (χ0) is 12.1. The molecule has 1 atom stereocenters. The number of hydrogen-bond acceptors (Lipinski definition) is 3. The Morgan fingerprint density at radius 3 is 2.75 bits per heavy atom. The molecule has 88 valence electrons. The highest BCUT2D eigenvalue weighted by Gasteiger charge is 2.13. The van der Waals surface area contributed by atoms with Gasteiger partial charge in [-0.2, -0.15) is 0 Å². The molecule has 16 heavy (non-hydrogen) atoms. The fourth-order valence-corrected chi connectivity index (χ4v) is 1.63. The Balaban J connectivity index is 3.01. The van der Waals surface area contributed by atoms with E-state index in [1.807, 2.05) is 6.92 Å². The lowest BCUT2D eigenvalue weighted by atomic mass is 10.2. The van der Waals surface area contributed by atoms with Gasteiger partial charge in [0.15, 0.2) is 0 Å². The highest BCUT2D eigenvalue weighted by molar-refractivity contribution is 5.88. The summed E-state index contributed by atoms with van der Waals surface area (Å²) in [7, 11) is 0. The van der Waals surface area contributed by atoms with Gasteiger partial charge in [0.1, 0.15) is 5.82 Å². The van der Waals surface area contributed by atoms with E-state index in [0.29, 0.717) is 6.04 Å². The lowest BCUT2D eigenvalue weighted by molar-refractivity contribution is 0.0697. The van der Waals surface area contributed by atoms with Crippen LogP contribution in [0.2, 0.25) is 0 Å². The Kier molecular flexibility index (Phi) is 4.28. The maximum Gasteiger partial charge on any atom is 0.335 e. The minimum absolute atomic E-state index is 0.284. The van der Waals surface area contributed by atoms with Crippen LogP contribution in [0, 0.1) is 0 Å². The van der Waals surface area contributed by atoms with Crippen LogP contribution in [0.15, 0.2) is 18.3 Å². The molecule has 0 aliphatic rings. The molecule has 0 radical (unpaired) electrons. The fourth-order valence-electron chi connectivity index (χ4n) is 1.63. The van der Waals surface area contributed by atoms with E-state index in [1.54, 1.807) is 12.3 Å². The number of pyridine rings is 1. The van der Waals surface area contributed by atoms with Gasteiger partial charge in [-0.15, -0.1) is 0 Å². The summed E-state index contributed by atoms with van der Waals surface area (Å²) in [6, 6.07) is 3.50. The van der Waals surface area contributed by atoms with E-state index in [2.05, 4.69) is 23.7 Å². The fraction of sp³-hybridized carbons (Fsp3) is 0.500. The zero-order valence-corrected chi connectivity index (χ0v) is 9.97. The van der Waals surface area contributed by atoms with Gasteiger partial charge in [0.2, 0.25) is 0 Å². The van der Waals surface area contributed by atoms with Crippen molar-refractivity contribution < 1.29 is 9.90 Å². The van der Waals surface area contributed by atoms with Crippen LogP contribution in [0.3, 0.4) is 0 Å². The summed E-state index contributed by atoms with van der Waals surface area (Å²) < 4.78 is 0. The van der Waals surface area contributed by atoms with Crippen molar-refractivity contribution >= 4 is 11.8 Å². The van der Waals surface area contributed by atoms with Crippen LogP contribution in [0.5, 0.6) is 0 Å². The van der Waals surface area contributed by atoms with E-state index in [1.165, 1.54) is 6.07 Å². The number of carbonyl (C=O) groups is 1. The third-order valence-corrected chi connectivity index (χ3v) is 2.75. The summed E-state index contributed by atoms with van der Waals surface area (Å²) in [5.74, 6) is -0.180. The van der Waals surface area contributed by atoms with E-state index in [9.17, 15) is 4.79 Å². The summed E-state index contributed by atoms with van der Waals surface area (Å²) in [5, 5.41) is 8.91. The minimum Gasteiger partial charge on any atom is -0.478 e. The molecule has 1 N–H and O–H groups in total. The van der Waals surface area contributed by atoms with Crippen LogP contribution in [0.4, 0.5) is 5.82 Å². The normalized spacial score (nSPS) is 12.2. The standard InChI is InChI=1S/C12H18N2O2/c1-4-9(3)14(5-2)11-8-10(12(15)16)6-7-13-11/h6-9H,4-5H2,1-3H3,(H,15,16). The van der Waals surface area contributed by atoms with Crippen molar-refractivity contribution in [2.45, 2.75) is 33.2 Å². The second-order valence-electron chi connectivity index (χ2n) is 3.75. The third-order valence-electron chi connectivity index (χ3n) is 2.75. The highest BCUT2D eigenvalue weighted by Crippen LogP contribution is 2.16. The molecule has 0 fully saturated rings. The zero-order valence-electron chi connectivity index (χ0n) is 9.97. The Morgan fingerprint density at radius 1 is 1.56 bits per heavy atom. The van der Waals surface area contributed by atoms with Crippen LogP contribution >= 0.6 is 0 Å². The monoisotopic (exact) mass is 222 g/mol. The minimum atomic E-state index is -0.913. The molecule has 1 aromatic rings. The lowest BCUT2D eigenvalue weighted by Crippen LogP contribution is -2.33. The van der Waals surface area contributed by atoms with Gasteiger partial charge in [-0.3, -0.25) is 0 Å². The largest absolute Gasteiger partial charge is 0.478 e. The molecule has 0 aromatic carbocycles. The second-order valence-corrected chi connectivity index (χ2v) is 3.75. The maximum absolute atomic E-state index is 10.9. The van der Waals surface area contributed by atoms with Crippen molar-refractivity contribution in [2.24, 2.45) is 0 Å². The first kappa shape index (κ1) is 12.5. The van der Waals surface area contributed by atoms with Crippen LogP contribution < -0.4 is 4.90 Å². The molecular weight excluding hydrogens is 204 g/mol. The van der Waals surface area contributed by atoms with E-state index in [4.69, 9.17) is 5.11 Å². The number of carboxylic acid groups (broad SMARTS) is 1. The van der Waals surface area contributed by atoms with Crippen LogP contribution in [-0.2, 0) is 0 Å². The molecule has 1 heterocycles. The topological polar surface area (TPSA) is 53.4 Å². The van der Waals surface area contributed by atoms with Gasteiger partial charge in [-0.05, 0) is 32.4 Å². The summed E-state index contributed by atoms with van der Waals surface area (Å²) in [6.45, 7) is 7.08. The molecule has 0 spiro atoms. The first-order valence-electron chi connectivity index (χ1n) is 5.56. The first-order valence-corrected chi connectivity index (χ1v) is 5.56. The molecule has 1 rings (SSSR count). The molecule has 0 saturated carbocycles. The van der Waals surface area contributed by atoms with Gasteiger partial charge in [-0.1, -0.05) is 6.92 Å². The number of anilines is 1. The SMILES string of the molecule is CCC(C)N(CC)c1cc(C(=O)O)ccn1. The van der Waals surface area contributed by atoms with Gasteiger partial charge in [0.05, 0.1) is 5.56 Å². The Morgan fingerprint density at radius 2 is 2.25 bits per heavy atom. The predicted octanol–water partition coefficient (Wildman–Crippen LogP) is 2.40. The predicted molar refractivity (Wildman–Crippen MR) is 64.0 cm³/mol. The van der Waals surface area contributed by atoms with E-state index < -0.39 is 5.97 Å². The molecule has 1 unspecified atom stereocenters. The number of carboxylic acids is 1. The number of aromatic carboxylic acids is 1. The van der Waals surface area contributed by atoms with Crippen LogP contribution in [0.25, 0.3) is 0 Å². The molecule has 4 heteroatoms. The summed E-state index contributed by atoms with van der Waals surface area (Å²) >= 11 is 0. The molecule has 0 aliphatic carbocycles. The average molecular weight is 222 g/mol. The summed E-state index contributed by atoms with van der Waals surface area (Å²) in [5.41, 5.74) is 0.284. The average Bonchev–Trinajstić information content (AvgIpc) is 2.30. The maximum atomic E-state index is 10.9. The van der Waals surface area contributed by atoms with Gasteiger partial charge in [0.25, 0.3) is 0 Å². The summed E-state index contributed by atoms with van der Waals surface area (Å²) in [4.78, 5) is 17.2. The van der Waals surface area contributed by atoms with Crippen molar-refractivity contribution in [2.75, 3.05) is 11.4 Å². The molecule has 1 aromatic heterocycles. The highest BCUT2D eigenvalue weighted by atomic mass is 16.4. The van der Waals surface area contributed by atoms with Crippen molar-refractivity contribution in [3.05, 3.63) is 23.9 Å². The molecular formula is C12H18N2O2. The van der Waals surface area contributed by atoms with Gasteiger partial charge < -0.3 is 10.0 Å². The van der Waals surface area contributed by atoms with Crippen LogP contribution in [0.1, 0.15) is 37.6 Å². The van der Waals surface area contributed by atoms with E-state index >= 15 is 0 Å². The number of nitrogens with zero attached hydrogens (tertiary/aromatic N) is 2. The third kappa shape index (κ3) is 2.72. The number of hydrogen-bond donors (Lipinski definition) is 1. The van der Waals surface area contributed by atoms with Crippen molar-refractivity contribution in [3.63, 3.8) is 0 Å². The van der Waals surface area contributed by atoms with Crippen LogP contribution in [-0.4, -0.2) is 28.6 Å². The van der Waals surface area contributed by atoms with E-state index in [0.717, 1.165) is 18.8 Å². The first-order chi connectivity index (χ1) is 7.60. The smallest absolute Gasteiger partial charge is 0.335 e. The number of rotatable bonds is 5. The molecule has 0 bridgehead atoms. The van der Waals surface area contributed by atoms with Crippen molar-refractivity contribution in [1.29, 1.82) is 0 Å². The Hall–Kier alpha value is -1.58. The lowest BCUT2D eigenvalue weighted by Gasteiger charge is -2.28. The molecule has 0 aliphatic heterocycles. The van der Waals surface area contributed by atoms with Crippen molar-refractivity contribution in [3.8, 4) is 0 Å². The van der Waals surface area contributed by atoms with E-state index in [-0.39, 0.29) is 5.56 Å². The molecule has 0 amide bonds. The molecule has 4 nitrogen and oxygen atoms in total. The van der Waals surface area contributed by atoms with Crippen molar-refractivity contribution in [1.82, 2.24) is 4.98 Å². The summed E-state index contributed by atoms with van der Waals surface area (Å²) in [6.07, 6.45) is 2.55. The van der Waals surface area contributed by atoms with Gasteiger partial charge >= 0.3 is 5.97 Å². The van der Waals surface area contributed by atoms with Gasteiger partial charge in [0, 0.05) is 18.8 Å². The quantitative estimate of drug-likeness (QED) is 0.831. The molecule has 0 saturated heterocycles. The Labute approximate surface area is 95.9 Å². The van der Waals surface area contributed by atoms with Gasteiger partial charge in [-0.25, -0.2) is 9.78 Å². The second kappa shape index (κ2) is 5.49. The Bertz CT molecular complexity index is 366. The number of aromatic nitrogens is 1.